The fourth-order valence-corrected chi connectivity index (χ4v) is 1.51. The molecule has 56 valence electrons. The zero-order chi connectivity index (χ0) is 7.71. The summed E-state index contributed by atoms with van der Waals surface area (Å²) in [7, 11) is -4.17. The van der Waals surface area contributed by atoms with E-state index in [1.54, 1.807) is 0 Å². The molecule has 0 aliphatic heterocycles. The summed E-state index contributed by atoms with van der Waals surface area (Å²) in [6, 6.07) is 0. The number of rotatable bonds is 2. The Morgan fingerprint density at radius 3 is 1.78 bits per heavy atom. The third-order valence-corrected chi connectivity index (χ3v) is 5.13. The first-order valence-corrected chi connectivity index (χ1v) is 5.96. The number of hydrogen-bond donors (Lipinski definition) is 2. The maximum absolute atomic E-state index is 10.3. The monoisotopic (exact) mass is 174 g/mol. The molecule has 0 saturated carbocycles. The Kier molecular flexibility index (Phi) is 2.41. The molecule has 0 atom stereocenters. The van der Waals surface area contributed by atoms with Gasteiger partial charge < -0.3 is 9.79 Å². The van der Waals surface area contributed by atoms with Crippen molar-refractivity contribution in [1.82, 2.24) is 0 Å². The Morgan fingerprint density at radius 2 is 1.78 bits per heavy atom. The second-order valence-corrected chi connectivity index (χ2v) is 7.18. The highest BCUT2D eigenvalue weighted by atomic mass is 32.8. The average Bonchev–Trinajstić information content (AvgIpc) is 1.64. The van der Waals surface area contributed by atoms with Crippen LogP contribution in [0.2, 0.25) is 0 Å². The third kappa shape index (κ3) is 2.06. The van der Waals surface area contributed by atoms with Gasteiger partial charge in [0.2, 0.25) is 0 Å². The summed E-state index contributed by atoms with van der Waals surface area (Å²) >= 11 is 0. The van der Waals surface area contributed by atoms with Crippen LogP contribution in [-0.4, -0.2) is 24.0 Å². The fourth-order valence-electron chi connectivity index (χ4n) is 0.168. The van der Waals surface area contributed by atoms with E-state index in [9.17, 15) is 13.0 Å². The van der Waals surface area contributed by atoms with Gasteiger partial charge in [-0.05, 0) is 0 Å². The largest absolute Gasteiger partial charge is 0.439 e. The van der Waals surface area contributed by atoms with E-state index in [-0.39, 0.29) is 0 Å². The summed E-state index contributed by atoms with van der Waals surface area (Å²) in [5.41, 5.74) is 0. The van der Waals surface area contributed by atoms with Gasteiger partial charge in [0, 0.05) is 0 Å². The molecule has 0 fully saturated rings. The maximum atomic E-state index is 10.3. The normalized spacial score (nSPS) is 13.7. The van der Waals surface area contributed by atoms with E-state index in [0.29, 0.717) is 0 Å². The average molecular weight is 174 g/mol. The maximum Gasteiger partial charge on any atom is 0.439 e. The minimum absolute atomic E-state index is 0.530. The van der Waals surface area contributed by atoms with Crippen molar-refractivity contribution in [3.05, 3.63) is 0 Å². The van der Waals surface area contributed by atoms with Gasteiger partial charge in [-0.25, -0.2) is 13.0 Å². The van der Waals surface area contributed by atoms with Crippen LogP contribution in [0.1, 0.15) is 6.92 Å². The second-order valence-electron chi connectivity index (χ2n) is 1.36. The topological polar surface area (TPSA) is 91.7 Å². The molecule has 7 heteroatoms. The molecule has 0 heterocycles. The highest BCUT2D eigenvalue weighted by Gasteiger charge is 2.31. The van der Waals surface area contributed by atoms with E-state index < -0.39 is 22.0 Å². The van der Waals surface area contributed by atoms with Crippen LogP contribution in [0.3, 0.4) is 0 Å². The predicted octanol–water partition coefficient (Wildman–Crippen LogP) is -0.486. The molecular formula is C2H7O5PS. The lowest BCUT2D eigenvalue weighted by Gasteiger charge is -2.00. The molecule has 0 aliphatic rings. The van der Waals surface area contributed by atoms with Crippen molar-refractivity contribution >= 4 is 16.3 Å². The van der Waals surface area contributed by atoms with Crippen molar-refractivity contribution in [2.75, 3.05) is 5.75 Å². The summed E-state index contributed by atoms with van der Waals surface area (Å²) in [4.78, 5) is 16.1. The summed E-state index contributed by atoms with van der Waals surface area (Å²) in [6.45, 7) is -3.72. The van der Waals surface area contributed by atoms with Crippen molar-refractivity contribution in [1.29, 1.82) is 0 Å². The molecule has 0 unspecified atom stereocenters. The van der Waals surface area contributed by atoms with Gasteiger partial charge in [-0.3, -0.25) is 0 Å². The van der Waals surface area contributed by atoms with E-state index in [4.69, 9.17) is 9.79 Å². The van der Waals surface area contributed by atoms with Gasteiger partial charge in [0.15, 0.2) is 0 Å². The van der Waals surface area contributed by atoms with E-state index in [1.807, 2.05) is 0 Å². The van der Waals surface area contributed by atoms with Crippen LogP contribution in [-0.2, 0) is 14.0 Å². The van der Waals surface area contributed by atoms with Crippen molar-refractivity contribution in [2.24, 2.45) is 0 Å². The highest BCUT2D eigenvalue weighted by Crippen LogP contribution is 2.42. The summed E-state index contributed by atoms with van der Waals surface area (Å²) in [6.07, 6.45) is 0. The molecule has 0 aromatic carbocycles. The van der Waals surface area contributed by atoms with Gasteiger partial charge in [-0.2, -0.15) is 0 Å². The Hall–Kier alpha value is 0.1000. The van der Waals surface area contributed by atoms with Crippen molar-refractivity contribution in [3.8, 4) is 0 Å². The summed E-state index contributed by atoms with van der Waals surface area (Å²) in [5, 5.41) is 0. The van der Waals surface area contributed by atoms with Gasteiger partial charge in [0.1, 0.15) is 0 Å². The molecule has 0 bridgehead atoms. The van der Waals surface area contributed by atoms with Gasteiger partial charge in [-0.1, -0.05) is 6.92 Å². The molecule has 0 aliphatic carbocycles. The zero-order valence-electron chi connectivity index (χ0n) is 4.68. The van der Waals surface area contributed by atoms with Crippen LogP contribution in [0.4, 0.5) is 0 Å². The predicted molar refractivity (Wildman–Crippen MR) is 31.5 cm³/mol. The molecule has 0 aromatic heterocycles. The van der Waals surface area contributed by atoms with E-state index in [2.05, 4.69) is 0 Å². The first-order valence-electron chi connectivity index (χ1n) is 2.09. The smallest absolute Gasteiger partial charge is 0.313 e. The second kappa shape index (κ2) is 2.38. The first-order chi connectivity index (χ1) is 3.81. The SMILES string of the molecule is CCS(=O)(=O)P(=O)(O)O. The van der Waals surface area contributed by atoms with Gasteiger partial charge >= 0.3 is 6.80 Å². The lowest BCUT2D eigenvalue weighted by atomic mass is 11.0. The summed E-state index contributed by atoms with van der Waals surface area (Å²) in [5.74, 6) is -0.530. The molecular weight excluding hydrogens is 167 g/mol. The third-order valence-electron chi connectivity index (χ3n) is 0.727. The fraction of sp³-hybridized carbons (Fsp3) is 1.00. The van der Waals surface area contributed by atoms with Crippen LogP contribution in [0, 0.1) is 0 Å². The molecule has 0 radical (unpaired) electrons. The number of hydrogen-bond acceptors (Lipinski definition) is 3. The van der Waals surface area contributed by atoms with Crippen LogP contribution >= 0.6 is 6.80 Å². The van der Waals surface area contributed by atoms with Gasteiger partial charge in [0.25, 0.3) is 9.46 Å². The first kappa shape index (κ1) is 9.10. The Balaban J connectivity index is 4.81. The minimum Gasteiger partial charge on any atom is -0.313 e. The molecule has 9 heavy (non-hydrogen) atoms. The van der Waals surface area contributed by atoms with Crippen LogP contribution in [0.25, 0.3) is 0 Å². The molecule has 0 rings (SSSR count). The zero-order valence-corrected chi connectivity index (χ0v) is 6.39. The quantitative estimate of drug-likeness (QED) is 0.551. The standard InChI is InChI=1S/C2H7O5PS/c1-2-9(6,7)8(3,4)5/h2H2,1H3,(H2,3,4,5). The molecule has 2 N–H and O–H groups in total. The highest BCUT2D eigenvalue weighted by molar-refractivity contribution is 8.48. The van der Waals surface area contributed by atoms with Crippen LogP contribution in [0.5, 0.6) is 0 Å². The summed E-state index contributed by atoms with van der Waals surface area (Å²) < 4.78 is 30.5. The van der Waals surface area contributed by atoms with Crippen molar-refractivity contribution in [2.45, 2.75) is 6.92 Å². The van der Waals surface area contributed by atoms with Gasteiger partial charge in [0.05, 0.1) is 5.75 Å². The van der Waals surface area contributed by atoms with Gasteiger partial charge in [-0.15, -0.1) is 0 Å². The lowest BCUT2D eigenvalue weighted by molar-refractivity contribution is 0.390. The van der Waals surface area contributed by atoms with Crippen LogP contribution < -0.4 is 0 Å². The lowest BCUT2D eigenvalue weighted by Crippen LogP contribution is -2.02. The molecule has 0 spiro atoms. The minimum atomic E-state index is -4.90. The Bertz CT molecular complexity index is 221. The molecule has 0 aromatic rings. The van der Waals surface area contributed by atoms with E-state index >= 15 is 0 Å². The van der Waals surface area contributed by atoms with E-state index in [1.165, 1.54) is 6.92 Å². The Labute approximate surface area is 52.5 Å². The van der Waals surface area contributed by atoms with E-state index in [0.717, 1.165) is 0 Å². The molecule has 0 amide bonds. The van der Waals surface area contributed by atoms with Crippen molar-refractivity contribution < 1.29 is 22.8 Å². The van der Waals surface area contributed by atoms with Crippen LogP contribution in [0.15, 0.2) is 0 Å². The Morgan fingerprint density at radius 1 is 1.44 bits per heavy atom. The van der Waals surface area contributed by atoms with Crippen molar-refractivity contribution in [3.63, 3.8) is 0 Å². The molecule has 5 nitrogen and oxygen atoms in total. The molecule has 0 saturated heterocycles.